The molecule has 0 aliphatic carbocycles. The fourth-order valence-corrected chi connectivity index (χ4v) is 2.83. The summed E-state index contributed by atoms with van der Waals surface area (Å²) in [6, 6.07) is 19.3. The standard InChI is InChI=1S/C21H23N/c1-18-7-5-6-10-21(18)12-11-19-13-15-22(16-14-19)17-20-8-3-2-4-9-20/h2-13H,14-17H2,1H3/b12-11+. The lowest BCUT2D eigenvalue weighted by atomic mass is 10.0. The van der Waals surface area contributed by atoms with Gasteiger partial charge in [-0.15, -0.1) is 0 Å². The number of benzene rings is 2. The number of hydrogen-bond donors (Lipinski definition) is 0. The summed E-state index contributed by atoms with van der Waals surface area (Å²) in [4.78, 5) is 2.50. The second-order valence-corrected chi connectivity index (χ2v) is 5.94. The van der Waals surface area contributed by atoms with Crippen LogP contribution in [0.15, 0.2) is 72.3 Å². The summed E-state index contributed by atoms with van der Waals surface area (Å²) in [7, 11) is 0. The molecule has 2 aromatic carbocycles. The third-order valence-corrected chi connectivity index (χ3v) is 4.24. The topological polar surface area (TPSA) is 3.24 Å². The summed E-state index contributed by atoms with van der Waals surface area (Å²) in [5.41, 5.74) is 5.50. The van der Waals surface area contributed by atoms with Gasteiger partial charge in [0.2, 0.25) is 0 Å². The molecular formula is C21H23N. The lowest BCUT2D eigenvalue weighted by molar-refractivity contribution is 0.287. The first kappa shape index (κ1) is 14.8. The third kappa shape index (κ3) is 3.96. The molecule has 0 fully saturated rings. The Balaban J connectivity index is 1.58. The Hall–Kier alpha value is -2.12. The Morgan fingerprint density at radius 1 is 0.955 bits per heavy atom. The lowest BCUT2D eigenvalue weighted by Crippen LogP contribution is -2.27. The minimum Gasteiger partial charge on any atom is -0.295 e. The van der Waals surface area contributed by atoms with Crippen molar-refractivity contribution in [3.8, 4) is 0 Å². The van der Waals surface area contributed by atoms with Gasteiger partial charge in [-0.25, -0.2) is 0 Å². The molecule has 3 rings (SSSR count). The predicted octanol–water partition coefficient (Wildman–Crippen LogP) is 4.84. The molecule has 0 unspecified atom stereocenters. The first-order valence-corrected chi connectivity index (χ1v) is 8.00. The SMILES string of the molecule is Cc1ccccc1/C=C/C1=CCN(Cc2ccccc2)CC1. The second-order valence-electron chi connectivity index (χ2n) is 5.94. The van der Waals surface area contributed by atoms with Crippen LogP contribution in [0, 0.1) is 6.92 Å². The number of hydrogen-bond acceptors (Lipinski definition) is 1. The maximum Gasteiger partial charge on any atom is 0.0237 e. The van der Waals surface area contributed by atoms with Crippen molar-refractivity contribution in [3.63, 3.8) is 0 Å². The quantitative estimate of drug-likeness (QED) is 0.778. The Bertz CT molecular complexity index is 667. The Morgan fingerprint density at radius 2 is 1.73 bits per heavy atom. The highest BCUT2D eigenvalue weighted by atomic mass is 15.1. The van der Waals surface area contributed by atoms with Crippen LogP contribution in [-0.4, -0.2) is 18.0 Å². The molecule has 1 aliphatic rings. The summed E-state index contributed by atoms with van der Waals surface area (Å²) in [6.45, 7) is 5.39. The van der Waals surface area contributed by atoms with Gasteiger partial charge in [0.1, 0.15) is 0 Å². The van der Waals surface area contributed by atoms with E-state index in [4.69, 9.17) is 0 Å². The molecule has 0 atom stereocenters. The zero-order valence-corrected chi connectivity index (χ0v) is 13.2. The molecule has 0 N–H and O–H groups in total. The van der Waals surface area contributed by atoms with Crippen molar-refractivity contribution >= 4 is 6.08 Å². The summed E-state index contributed by atoms with van der Waals surface area (Å²) in [6.07, 6.45) is 8.02. The van der Waals surface area contributed by atoms with Gasteiger partial charge >= 0.3 is 0 Å². The summed E-state index contributed by atoms with van der Waals surface area (Å²) in [5, 5.41) is 0. The van der Waals surface area contributed by atoms with Crippen molar-refractivity contribution in [1.29, 1.82) is 0 Å². The molecule has 0 aromatic heterocycles. The Morgan fingerprint density at radius 3 is 2.45 bits per heavy atom. The monoisotopic (exact) mass is 289 g/mol. The highest BCUT2D eigenvalue weighted by Crippen LogP contribution is 2.17. The number of aryl methyl sites for hydroxylation is 1. The molecular weight excluding hydrogens is 266 g/mol. The maximum atomic E-state index is 2.50. The average Bonchev–Trinajstić information content (AvgIpc) is 2.56. The van der Waals surface area contributed by atoms with Crippen LogP contribution in [0.3, 0.4) is 0 Å². The molecule has 1 heterocycles. The average molecular weight is 289 g/mol. The minimum absolute atomic E-state index is 1.04. The largest absolute Gasteiger partial charge is 0.295 e. The van der Waals surface area contributed by atoms with E-state index >= 15 is 0 Å². The fourth-order valence-electron chi connectivity index (χ4n) is 2.83. The number of nitrogens with zero attached hydrogens (tertiary/aromatic N) is 1. The van der Waals surface area contributed by atoms with Crippen molar-refractivity contribution in [1.82, 2.24) is 4.90 Å². The van der Waals surface area contributed by atoms with Gasteiger partial charge in [0.15, 0.2) is 0 Å². The van der Waals surface area contributed by atoms with Gasteiger partial charge in [-0.3, -0.25) is 4.90 Å². The molecule has 0 saturated carbocycles. The van der Waals surface area contributed by atoms with Gasteiger partial charge < -0.3 is 0 Å². The van der Waals surface area contributed by atoms with Crippen molar-refractivity contribution < 1.29 is 0 Å². The van der Waals surface area contributed by atoms with Crippen LogP contribution in [0.25, 0.3) is 6.08 Å². The van der Waals surface area contributed by atoms with E-state index in [1.165, 1.54) is 22.3 Å². The van der Waals surface area contributed by atoms with Gasteiger partial charge in [-0.1, -0.05) is 72.8 Å². The third-order valence-electron chi connectivity index (χ3n) is 4.24. The van der Waals surface area contributed by atoms with E-state index < -0.39 is 0 Å². The van der Waals surface area contributed by atoms with Crippen molar-refractivity contribution in [2.24, 2.45) is 0 Å². The maximum absolute atomic E-state index is 2.50. The molecule has 112 valence electrons. The minimum atomic E-state index is 1.04. The van der Waals surface area contributed by atoms with Crippen LogP contribution in [0.4, 0.5) is 0 Å². The Labute approximate surface area is 133 Å². The first-order chi connectivity index (χ1) is 10.8. The molecule has 1 aliphatic heterocycles. The van der Waals surface area contributed by atoms with Gasteiger partial charge in [0, 0.05) is 19.6 Å². The molecule has 0 radical (unpaired) electrons. The fraction of sp³-hybridized carbons (Fsp3) is 0.238. The normalized spacial score (nSPS) is 16.0. The van der Waals surface area contributed by atoms with Crippen LogP contribution in [0.1, 0.15) is 23.1 Å². The van der Waals surface area contributed by atoms with Gasteiger partial charge in [-0.2, -0.15) is 0 Å². The van der Waals surface area contributed by atoms with E-state index in [0.717, 1.165) is 26.1 Å². The summed E-state index contributed by atoms with van der Waals surface area (Å²) < 4.78 is 0. The van der Waals surface area contributed by atoms with Crippen LogP contribution in [0.5, 0.6) is 0 Å². The molecule has 0 saturated heterocycles. The van der Waals surface area contributed by atoms with Gasteiger partial charge in [0.25, 0.3) is 0 Å². The van der Waals surface area contributed by atoms with Crippen LogP contribution >= 0.6 is 0 Å². The highest BCUT2D eigenvalue weighted by Gasteiger charge is 2.10. The number of allylic oxidation sites excluding steroid dienone is 1. The van der Waals surface area contributed by atoms with E-state index in [-0.39, 0.29) is 0 Å². The van der Waals surface area contributed by atoms with E-state index in [1.807, 2.05) is 0 Å². The Kier molecular flexibility index (Phi) is 4.87. The predicted molar refractivity (Wildman–Crippen MR) is 94.6 cm³/mol. The molecule has 2 aromatic rings. The van der Waals surface area contributed by atoms with E-state index in [2.05, 4.69) is 84.6 Å². The summed E-state index contributed by atoms with van der Waals surface area (Å²) >= 11 is 0. The number of rotatable bonds is 4. The molecule has 0 spiro atoms. The van der Waals surface area contributed by atoms with Gasteiger partial charge in [-0.05, 0) is 35.6 Å². The highest BCUT2D eigenvalue weighted by molar-refractivity contribution is 5.56. The van der Waals surface area contributed by atoms with E-state index in [1.54, 1.807) is 0 Å². The van der Waals surface area contributed by atoms with Crippen molar-refractivity contribution in [2.45, 2.75) is 19.9 Å². The lowest BCUT2D eigenvalue weighted by Gasteiger charge is -2.25. The molecule has 0 bridgehead atoms. The van der Waals surface area contributed by atoms with Gasteiger partial charge in [0.05, 0.1) is 0 Å². The molecule has 1 heteroatoms. The zero-order chi connectivity index (χ0) is 15.2. The van der Waals surface area contributed by atoms with Crippen LogP contribution in [0.2, 0.25) is 0 Å². The molecule has 22 heavy (non-hydrogen) atoms. The first-order valence-electron chi connectivity index (χ1n) is 8.00. The second kappa shape index (κ2) is 7.24. The van der Waals surface area contributed by atoms with Crippen LogP contribution in [-0.2, 0) is 6.54 Å². The van der Waals surface area contributed by atoms with Crippen molar-refractivity contribution in [3.05, 3.63) is 89.0 Å². The molecule has 1 nitrogen and oxygen atoms in total. The molecule has 0 amide bonds. The summed E-state index contributed by atoms with van der Waals surface area (Å²) in [5.74, 6) is 0. The van der Waals surface area contributed by atoms with E-state index in [0.29, 0.717) is 0 Å². The smallest absolute Gasteiger partial charge is 0.0237 e. The van der Waals surface area contributed by atoms with Crippen molar-refractivity contribution in [2.75, 3.05) is 13.1 Å². The van der Waals surface area contributed by atoms with E-state index in [9.17, 15) is 0 Å². The van der Waals surface area contributed by atoms with Crippen LogP contribution < -0.4 is 0 Å². The zero-order valence-electron chi connectivity index (χ0n) is 13.2.